The van der Waals surface area contributed by atoms with Gasteiger partial charge in [0, 0.05) is 6.61 Å². The Labute approximate surface area is 170 Å². The Balaban J connectivity index is -0.0000000617. The zero-order valence-corrected chi connectivity index (χ0v) is 20.5. The van der Waals surface area contributed by atoms with Crippen molar-refractivity contribution < 1.29 is 20.5 Å². The van der Waals surface area contributed by atoms with Gasteiger partial charge in [-0.3, -0.25) is 4.79 Å². The van der Waals surface area contributed by atoms with Crippen LogP contribution in [0, 0.1) is 34.6 Å². The van der Waals surface area contributed by atoms with Crippen molar-refractivity contribution in [3.8, 4) is 0 Å². The summed E-state index contributed by atoms with van der Waals surface area (Å²) >= 11 is 0. The fourth-order valence-corrected chi connectivity index (χ4v) is 1.77. The fourth-order valence-electron chi connectivity index (χ4n) is 1.77. The lowest BCUT2D eigenvalue weighted by molar-refractivity contribution is -0.121. The van der Waals surface area contributed by atoms with E-state index in [1.54, 1.807) is 0 Å². The van der Waals surface area contributed by atoms with Crippen LogP contribution in [0.15, 0.2) is 6.07 Å². The van der Waals surface area contributed by atoms with E-state index in [2.05, 4.69) is 40.7 Å². The molecule has 1 aromatic carbocycles. The van der Waals surface area contributed by atoms with Crippen molar-refractivity contribution in [1.82, 2.24) is 0 Å². The molecule has 0 unspecified atom stereocenters. The number of hydrogen-bond donors (Lipinski definition) is 0. The van der Waals surface area contributed by atoms with Gasteiger partial charge in [0.15, 0.2) is 5.78 Å². The van der Waals surface area contributed by atoms with Crippen LogP contribution in [-0.4, -0.2) is 29.9 Å². The van der Waals surface area contributed by atoms with Gasteiger partial charge >= 0.3 is 0 Å². The minimum absolute atomic E-state index is 0. The third-order valence-electron chi connectivity index (χ3n) is 3.39. The maximum absolute atomic E-state index is 10.2. The zero-order chi connectivity index (χ0) is 21.0. The second-order valence-electron chi connectivity index (χ2n) is 5.14. The molecule has 1 aromatic rings. The second-order valence-corrected chi connectivity index (χ2v) is 5.14. The van der Waals surface area contributed by atoms with Crippen LogP contribution in [-0.2, 0) is 9.53 Å². The van der Waals surface area contributed by atoms with E-state index in [4.69, 9.17) is 4.74 Å². The van der Waals surface area contributed by atoms with Crippen molar-refractivity contribution in [2.45, 2.75) is 96.4 Å². The Bertz CT molecular complexity index is 401. The summed E-state index contributed by atoms with van der Waals surface area (Å²) in [6, 6.07) is 2.26. The molecule has 0 atom stereocenters. The number of carbonyl (C=O) groups excluding carboxylic acids is 1. The number of rotatable bonds is 4. The Hall–Kier alpha value is -1.23. The summed E-state index contributed by atoms with van der Waals surface area (Å²) in [5.41, 5.74) is 7.14. The first kappa shape index (κ1) is 40.5. The fraction of sp³-hybridized carbons (Fsp3) is 0.696. The summed E-state index contributed by atoms with van der Waals surface area (Å²) in [5, 5.41) is 0. The van der Waals surface area contributed by atoms with Crippen LogP contribution in [0.1, 0.15) is 89.6 Å². The van der Waals surface area contributed by atoms with E-state index in [-0.39, 0.29) is 23.3 Å². The molecule has 0 bridgehead atoms. The van der Waals surface area contributed by atoms with E-state index >= 15 is 0 Å². The molecule has 0 aromatic heterocycles. The Kier molecular flexibility index (Phi) is 44.2. The van der Waals surface area contributed by atoms with E-state index in [1.807, 2.05) is 48.5 Å². The molecule has 0 saturated heterocycles. The molecule has 0 aliphatic rings. The number of hydrogen-bond acceptors (Lipinski definition) is 2. The Morgan fingerprint density at radius 2 is 1.11 bits per heavy atom. The maximum atomic E-state index is 10.2. The largest absolute Gasteiger partial charge is 0.412 e. The Morgan fingerprint density at radius 3 is 1.37 bits per heavy atom. The van der Waals surface area contributed by atoms with Gasteiger partial charge in [-0.1, -0.05) is 54.5 Å². The molecule has 27 heavy (non-hydrogen) atoms. The van der Waals surface area contributed by atoms with Gasteiger partial charge < -0.3 is 15.7 Å². The molecule has 1 rings (SSSR count). The van der Waals surface area contributed by atoms with Crippen molar-refractivity contribution in [2.75, 3.05) is 13.2 Å². The molecule has 0 amide bonds. The van der Waals surface area contributed by atoms with Crippen LogP contribution < -0.4 is 0 Å². The van der Waals surface area contributed by atoms with E-state index in [9.17, 15) is 4.79 Å². The van der Waals surface area contributed by atoms with Crippen LogP contribution >= 0.6 is 0 Å². The number of ketones is 1. The number of aryl methyl sites for hydroxylation is 2. The number of Topliss-reactive ketones (excluding diaryl/α,β-unsaturated/α-hetero) is 1. The van der Waals surface area contributed by atoms with Crippen molar-refractivity contribution in [3.63, 3.8) is 0 Å². The molecular weight excluding hydrogens is 340 g/mol. The molecule has 0 saturated carbocycles. The number of benzene rings is 1. The molecule has 4 N–H and O–H groups in total. The first-order valence-electron chi connectivity index (χ1n) is 9.92. The molecule has 0 spiro atoms. The quantitative estimate of drug-likeness (QED) is 0.621. The standard InChI is InChI=1S/C11H16.C6H12O2.3C2H6.2H2O/c1-7-6-8(2)10(4)11(5)9(7)3;1-3-4-8-5-6(2)7;3*1-2;;/h6H,1-5H3;3-5H2,1-2H3;3*1-2H3;2*1H2. The molecule has 0 aliphatic carbocycles. The molecule has 0 fully saturated rings. The lowest BCUT2D eigenvalue weighted by Crippen LogP contribution is -2.03. The highest BCUT2D eigenvalue weighted by Crippen LogP contribution is 2.19. The number of ether oxygens (including phenoxy) is 1. The van der Waals surface area contributed by atoms with Crippen LogP contribution in [0.2, 0.25) is 0 Å². The molecule has 0 heterocycles. The molecule has 166 valence electrons. The zero-order valence-electron chi connectivity index (χ0n) is 20.5. The number of carbonyl (C=O) groups is 1. The molecule has 4 nitrogen and oxygen atoms in total. The van der Waals surface area contributed by atoms with E-state index in [1.165, 1.54) is 34.7 Å². The highest BCUT2D eigenvalue weighted by atomic mass is 16.5. The summed E-state index contributed by atoms with van der Waals surface area (Å²) in [6.45, 7) is 27.4. The first-order valence-corrected chi connectivity index (χ1v) is 9.92. The summed E-state index contributed by atoms with van der Waals surface area (Å²) in [7, 11) is 0. The van der Waals surface area contributed by atoms with Crippen molar-refractivity contribution in [1.29, 1.82) is 0 Å². The van der Waals surface area contributed by atoms with E-state index < -0.39 is 0 Å². The van der Waals surface area contributed by atoms with Gasteiger partial charge in [-0.2, -0.15) is 0 Å². The second kappa shape index (κ2) is 29.5. The summed E-state index contributed by atoms with van der Waals surface area (Å²) in [4.78, 5) is 10.2. The topological polar surface area (TPSA) is 89.3 Å². The van der Waals surface area contributed by atoms with Crippen LogP contribution in [0.25, 0.3) is 0 Å². The van der Waals surface area contributed by atoms with Gasteiger partial charge in [0.1, 0.15) is 6.61 Å². The third kappa shape index (κ3) is 22.7. The Morgan fingerprint density at radius 1 is 0.778 bits per heavy atom. The molecular formula is C23H50O4. The lowest BCUT2D eigenvalue weighted by Gasteiger charge is -2.10. The minimum Gasteiger partial charge on any atom is -0.412 e. The van der Waals surface area contributed by atoms with E-state index in [0.29, 0.717) is 6.61 Å². The van der Waals surface area contributed by atoms with Gasteiger partial charge in [0.05, 0.1) is 0 Å². The third-order valence-corrected chi connectivity index (χ3v) is 3.39. The van der Waals surface area contributed by atoms with Gasteiger partial charge in [-0.05, 0) is 75.8 Å². The summed E-state index contributed by atoms with van der Waals surface area (Å²) in [6.07, 6.45) is 0.979. The van der Waals surface area contributed by atoms with Crippen LogP contribution in [0.3, 0.4) is 0 Å². The predicted octanol–water partition coefficient (Wildman–Crippen LogP) is 5.66. The molecule has 4 heteroatoms. The highest BCUT2D eigenvalue weighted by molar-refractivity contribution is 5.76. The van der Waals surface area contributed by atoms with Crippen LogP contribution in [0.5, 0.6) is 0 Å². The monoisotopic (exact) mass is 390 g/mol. The van der Waals surface area contributed by atoms with Gasteiger partial charge in [-0.15, -0.1) is 0 Å². The van der Waals surface area contributed by atoms with Gasteiger partial charge in [-0.25, -0.2) is 0 Å². The van der Waals surface area contributed by atoms with Crippen LogP contribution in [0.4, 0.5) is 0 Å². The van der Waals surface area contributed by atoms with Gasteiger partial charge in [0.25, 0.3) is 0 Å². The summed E-state index contributed by atoms with van der Waals surface area (Å²) < 4.78 is 4.89. The lowest BCUT2D eigenvalue weighted by atomic mass is 9.96. The SMILES string of the molecule is CC.CC.CC.CCCOCC(C)=O.Cc1cc(C)c(C)c(C)c1C.O.O. The molecule has 0 aliphatic heterocycles. The average Bonchev–Trinajstić information content (AvgIpc) is 2.64. The first-order chi connectivity index (χ1) is 11.8. The van der Waals surface area contributed by atoms with Crippen molar-refractivity contribution >= 4 is 5.78 Å². The molecule has 0 radical (unpaired) electrons. The highest BCUT2D eigenvalue weighted by Gasteiger charge is 2.02. The van der Waals surface area contributed by atoms with E-state index in [0.717, 1.165) is 6.42 Å². The average molecular weight is 391 g/mol. The maximum Gasteiger partial charge on any atom is 0.155 e. The van der Waals surface area contributed by atoms with Crippen molar-refractivity contribution in [2.24, 2.45) is 0 Å². The normalized spacial score (nSPS) is 7.59. The summed E-state index contributed by atoms with van der Waals surface area (Å²) in [5.74, 6) is 0.0958. The van der Waals surface area contributed by atoms with Crippen molar-refractivity contribution in [3.05, 3.63) is 33.9 Å². The van der Waals surface area contributed by atoms with Gasteiger partial charge in [0.2, 0.25) is 0 Å². The smallest absolute Gasteiger partial charge is 0.155 e. The minimum atomic E-state index is 0. The predicted molar refractivity (Wildman–Crippen MR) is 123 cm³/mol.